The lowest BCUT2D eigenvalue weighted by Gasteiger charge is -1.98. The molecule has 1 heterocycles. The lowest BCUT2D eigenvalue weighted by Crippen LogP contribution is -1.95. The summed E-state index contributed by atoms with van der Waals surface area (Å²) in [6.07, 6.45) is 0. The zero-order valence-corrected chi connectivity index (χ0v) is 8.11. The number of carboxylic acids is 1. The second-order valence-corrected chi connectivity index (χ2v) is 3.42. The number of hydrogen-bond donors (Lipinski definition) is 1. The van der Waals surface area contributed by atoms with Gasteiger partial charge in [-0.15, -0.1) is 0 Å². The van der Waals surface area contributed by atoms with E-state index in [-0.39, 0.29) is 0 Å². The topological polar surface area (TPSA) is 42.2 Å². The van der Waals surface area contributed by atoms with E-state index in [1.54, 1.807) is 12.1 Å². The monoisotopic (exact) mass is 189 g/mol. The van der Waals surface area contributed by atoms with Crippen molar-refractivity contribution in [3.8, 4) is 0 Å². The Bertz CT molecular complexity index is 511. The smallest absolute Gasteiger partial charge is 0.335 e. The lowest BCUT2D eigenvalue weighted by atomic mass is 10.1. The van der Waals surface area contributed by atoms with Gasteiger partial charge in [0.15, 0.2) is 0 Å². The second kappa shape index (κ2) is 2.87. The first-order valence-electron chi connectivity index (χ1n) is 4.39. The molecule has 3 nitrogen and oxygen atoms in total. The van der Waals surface area contributed by atoms with Gasteiger partial charge >= 0.3 is 5.97 Å². The van der Waals surface area contributed by atoms with Gasteiger partial charge in [0, 0.05) is 23.6 Å². The van der Waals surface area contributed by atoms with Gasteiger partial charge in [-0.25, -0.2) is 4.79 Å². The number of rotatable bonds is 1. The first kappa shape index (κ1) is 8.81. The molecule has 72 valence electrons. The largest absolute Gasteiger partial charge is 0.478 e. The quantitative estimate of drug-likeness (QED) is 0.747. The second-order valence-electron chi connectivity index (χ2n) is 3.42. The van der Waals surface area contributed by atoms with E-state index in [4.69, 9.17) is 5.11 Å². The molecule has 0 saturated heterocycles. The Labute approximate surface area is 81.6 Å². The van der Waals surface area contributed by atoms with Crippen LogP contribution in [0.2, 0.25) is 0 Å². The number of fused-ring (bicyclic) bond motifs is 1. The predicted octanol–water partition coefficient (Wildman–Crippen LogP) is 2.18. The molecule has 0 fully saturated rings. The van der Waals surface area contributed by atoms with Crippen LogP contribution < -0.4 is 0 Å². The standard InChI is InChI=1S/C11H11NO2/c1-7-5-9-6-8(11(13)14)3-4-10(9)12(7)2/h3-6H,1-2H3,(H,13,14). The van der Waals surface area contributed by atoms with Crippen LogP contribution in [-0.2, 0) is 7.05 Å². The van der Waals surface area contributed by atoms with Crippen LogP contribution >= 0.6 is 0 Å². The number of carboxylic acid groups (broad SMARTS) is 1. The Morgan fingerprint density at radius 1 is 1.36 bits per heavy atom. The first-order valence-corrected chi connectivity index (χ1v) is 4.39. The maximum Gasteiger partial charge on any atom is 0.335 e. The van der Waals surface area contributed by atoms with Gasteiger partial charge < -0.3 is 9.67 Å². The summed E-state index contributed by atoms with van der Waals surface area (Å²) in [6.45, 7) is 2.00. The van der Waals surface area contributed by atoms with E-state index in [0.717, 1.165) is 16.6 Å². The molecule has 1 aromatic carbocycles. The number of nitrogens with zero attached hydrogens (tertiary/aromatic N) is 1. The summed E-state index contributed by atoms with van der Waals surface area (Å²) in [5, 5.41) is 9.79. The van der Waals surface area contributed by atoms with E-state index in [1.807, 2.05) is 30.7 Å². The van der Waals surface area contributed by atoms with Gasteiger partial charge in [-0.3, -0.25) is 0 Å². The van der Waals surface area contributed by atoms with Crippen LogP contribution in [0.25, 0.3) is 10.9 Å². The highest BCUT2D eigenvalue weighted by atomic mass is 16.4. The summed E-state index contributed by atoms with van der Waals surface area (Å²) in [5.41, 5.74) is 2.53. The zero-order valence-electron chi connectivity index (χ0n) is 8.11. The van der Waals surface area contributed by atoms with Gasteiger partial charge in [0.05, 0.1) is 5.56 Å². The lowest BCUT2D eigenvalue weighted by molar-refractivity contribution is 0.0697. The van der Waals surface area contributed by atoms with Crippen LogP contribution in [0.4, 0.5) is 0 Å². The van der Waals surface area contributed by atoms with Crippen LogP contribution in [0.5, 0.6) is 0 Å². The molecule has 3 heteroatoms. The Morgan fingerprint density at radius 2 is 2.07 bits per heavy atom. The predicted molar refractivity (Wildman–Crippen MR) is 54.6 cm³/mol. The Morgan fingerprint density at radius 3 is 2.71 bits per heavy atom. The van der Waals surface area contributed by atoms with Crippen molar-refractivity contribution in [1.29, 1.82) is 0 Å². The molecule has 0 amide bonds. The molecular weight excluding hydrogens is 178 g/mol. The molecule has 0 aliphatic heterocycles. The van der Waals surface area contributed by atoms with Gasteiger partial charge in [0.2, 0.25) is 0 Å². The number of aryl methyl sites for hydroxylation is 2. The van der Waals surface area contributed by atoms with E-state index >= 15 is 0 Å². The van der Waals surface area contributed by atoms with E-state index in [1.165, 1.54) is 0 Å². The summed E-state index contributed by atoms with van der Waals surface area (Å²) >= 11 is 0. The van der Waals surface area contributed by atoms with Crippen molar-refractivity contribution >= 4 is 16.9 Å². The van der Waals surface area contributed by atoms with Crippen molar-refractivity contribution in [2.75, 3.05) is 0 Å². The van der Waals surface area contributed by atoms with Crippen molar-refractivity contribution in [3.63, 3.8) is 0 Å². The normalized spacial score (nSPS) is 10.7. The molecule has 0 saturated carbocycles. The van der Waals surface area contributed by atoms with E-state index in [2.05, 4.69) is 0 Å². The van der Waals surface area contributed by atoms with Crippen LogP contribution in [0, 0.1) is 6.92 Å². The molecule has 14 heavy (non-hydrogen) atoms. The molecule has 2 rings (SSSR count). The van der Waals surface area contributed by atoms with Crippen molar-refractivity contribution in [1.82, 2.24) is 4.57 Å². The van der Waals surface area contributed by atoms with Crippen LogP contribution in [0.1, 0.15) is 16.1 Å². The molecule has 0 atom stereocenters. The molecule has 1 aromatic heterocycles. The van der Waals surface area contributed by atoms with E-state index in [0.29, 0.717) is 5.56 Å². The zero-order chi connectivity index (χ0) is 10.3. The van der Waals surface area contributed by atoms with Crippen molar-refractivity contribution < 1.29 is 9.90 Å². The average Bonchev–Trinajstić information content (AvgIpc) is 2.42. The van der Waals surface area contributed by atoms with Gasteiger partial charge in [-0.2, -0.15) is 0 Å². The van der Waals surface area contributed by atoms with Gasteiger partial charge in [0.1, 0.15) is 0 Å². The maximum absolute atomic E-state index is 10.7. The minimum absolute atomic E-state index is 0.336. The molecule has 0 spiro atoms. The SMILES string of the molecule is Cc1cc2cc(C(=O)O)ccc2n1C. The fraction of sp³-hybridized carbons (Fsp3) is 0.182. The van der Waals surface area contributed by atoms with Gasteiger partial charge in [-0.1, -0.05) is 0 Å². The Balaban J connectivity index is 2.73. The third-order valence-electron chi connectivity index (χ3n) is 2.53. The first-order chi connectivity index (χ1) is 6.59. The molecular formula is C11H11NO2. The maximum atomic E-state index is 10.7. The van der Waals surface area contributed by atoms with Crippen molar-refractivity contribution in [2.45, 2.75) is 6.92 Å². The summed E-state index contributed by atoms with van der Waals surface area (Å²) in [5.74, 6) is -0.881. The fourth-order valence-corrected chi connectivity index (χ4v) is 1.62. The number of aromatic nitrogens is 1. The summed E-state index contributed by atoms with van der Waals surface area (Å²) in [4.78, 5) is 10.7. The van der Waals surface area contributed by atoms with E-state index < -0.39 is 5.97 Å². The minimum atomic E-state index is -0.881. The summed E-state index contributed by atoms with van der Waals surface area (Å²) < 4.78 is 2.04. The highest BCUT2D eigenvalue weighted by Gasteiger charge is 2.06. The summed E-state index contributed by atoms with van der Waals surface area (Å²) in [7, 11) is 1.97. The third kappa shape index (κ3) is 1.18. The van der Waals surface area contributed by atoms with Crippen LogP contribution in [-0.4, -0.2) is 15.6 Å². The molecule has 2 aromatic rings. The molecule has 0 radical (unpaired) electrons. The van der Waals surface area contributed by atoms with Crippen LogP contribution in [0.15, 0.2) is 24.3 Å². The molecule has 0 aliphatic carbocycles. The third-order valence-corrected chi connectivity index (χ3v) is 2.53. The van der Waals surface area contributed by atoms with Crippen molar-refractivity contribution in [2.24, 2.45) is 7.05 Å². The highest BCUT2D eigenvalue weighted by Crippen LogP contribution is 2.19. The fourth-order valence-electron chi connectivity index (χ4n) is 1.62. The molecule has 0 unspecified atom stereocenters. The number of benzene rings is 1. The number of hydrogen-bond acceptors (Lipinski definition) is 1. The van der Waals surface area contributed by atoms with Crippen LogP contribution in [0.3, 0.4) is 0 Å². The summed E-state index contributed by atoms with van der Waals surface area (Å²) in [6, 6.07) is 7.16. The van der Waals surface area contributed by atoms with Crippen molar-refractivity contribution in [3.05, 3.63) is 35.5 Å². The molecule has 1 N–H and O–H groups in total. The molecule has 0 bridgehead atoms. The minimum Gasteiger partial charge on any atom is -0.478 e. The number of aromatic carboxylic acids is 1. The average molecular weight is 189 g/mol. The Hall–Kier alpha value is -1.77. The van der Waals surface area contributed by atoms with Gasteiger partial charge in [-0.05, 0) is 31.2 Å². The van der Waals surface area contributed by atoms with Gasteiger partial charge in [0.25, 0.3) is 0 Å². The molecule has 0 aliphatic rings. The van der Waals surface area contributed by atoms with E-state index in [9.17, 15) is 4.79 Å². The Kier molecular flexibility index (Phi) is 1.81. The highest BCUT2D eigenvalue weighted by molar-refractivity contribution is 5.93. The number of carbonyl (C=O) groups is 1.